The van der Waals surface area contributed by atoms with Crippen LogP contribution >= 0.6 is 30.7 Å². The highest BCUT2D eigenvalue weighted by molar-refractivity contribution is 14.1. The van der Waals surface area contributed by atoms with Gasteiger partial charge in [-0.25, -0.2) is 0 Å². The first kappa shape index (κ1) is 19.2. The van der Waals surface area contributed by atoms with Crippen molar-refractivity contribution in [3.8, 4) is 11.5 Å². The highest BCUT2D eigenvalue weighted by Gasteiger charge is 2.22. The first-order valence-corrected chi connectivity index (χ1v) is 10.8. The van der Waals surface area contributed by atoms with Gasteiger partial charge in [0.15, 0.2) is 8.15 Å². The predicted octanol–water partition coefficient (Wildman–Crippen LogP) is 5.72. The van der Waals surface area contributed by atoms with Crippen LogP contribution in [0.3, 0.4) is 0 Å². The van der Waals surface area contributed by atoms with Gasteiger partial charge in [0.1, 0.15) is 11.5 Å². The summed E-state index contributed by atoms with van der Waals surface area (Å²) in [6, 6.07) is 24.4. The molecule has 0 aromatic heterocycles. The number of hydrogen-bond donors (Lipinski definition) is 1. The molecule has 0 saturated carbocycles. The number of benzene rings is 3. The van der Waals surface area contributed by atoms with E-state index in [-0.39, 0.29) is 11.2 Å². The van der Waals surface area contributed by atoms with Crippen LogP contribution in [0, 0.1) is 3.57 Å². The summed E-state index contributed by atoms with van der Waals surface area (Å²) in [7, 11) is -1.02. The fraction of sp³-hybridized carbons (Fsp3) is 0.182. The SMILES string of the molecule is CC(C)(C)c1cc(O)c(I)c(OP(c2ccccc2)c2ccccc2)c1. The minimum atomic E-state index is -1.02. The molecule has 2 nitrogen and oxygen atoms in total. The Morgan fingerprint density at radius 2 is 1.35 bits per heavy atom. The average Bonchev–Trinajstić information content (AvgIpc) is 2.63. The van der Waals surface area contributed by atoms with Crippen LogP contribution < -0.4 is 15.1 Å². The molecule has 0 aliphatic heterocycles. The molecular weight excluding hydrogens is 454 g/mol. The van der Waals surface area contributed by atoms with Crippen molar-refractivity contribution >= 4 is 41.3 Å². The molecule has 3 aromatic rings. The van der Waals surface area contributed by atoms with Crippen molar-refractivity contribution in [1.29, 1.82) is 0 Å². The molecule has 3 rings (SSSR count). The quantitative estimate of drug-likeness (QED) is 0.386. The third-order valence-corrected chi connectivity index (χ3v) is 7.05. The fourth-order valence-electron chi connectivity index (χ4n) is 2.56. The molecule has 134 valence electrons. The third kappa shape index (κ3) is 4.39. The summed E-state index contributed by atoms with van der Waals surface area (Å²) in [5.41, 5.74) is 0.990. The molecule has 0 bridgehead atoms. The molecule has 0 aliphatic rings. The van der Waals surface area contributed by atoms with Gasteiger partial charge in [0.2, 0.25) is 0 Å². The summed E-state index contributed by atoms with van der Waals surface area (Å²) in [6.45, 7) is 6.40. The van der Waals surface area contributed by atoms with Crippen LogP contribution in [0.1, 0.15) is 26.3 Å². The van der Waals surface area contributed by atoms with Crippen LogP contribution in [-0.2, 0) is 5.41 Å². The van der Waals surface area contributed by atoms with Crippen molar-refractivity contribution in [1.82, 2.24) is 0 Å². The van der Waals surface area contributed by atoms with Gasteiger partial charge in [-0.15, -0.1) is 0 Å². The Labute approximate surface area is 170 Å². The Morgan fingerprint density at radius 1 is 0.846 bits per heavy atom. The smallest absolute Gasteiger partial charge is 0.150 e. The minimum absolute atomic E-state index is 0.0673. The second kappa shape index (κ2) is 7.98. The summed E-state index contributed by atoms with van der Waals surface area (Å²) in [5, 5.41) is 12.7. The zero-order chi connectivity index (χ0) is 18.7. The maximum absolute atomic E-state index is 10.4. The Hall–Kier alpha value is -1.58. The Balaban J connectivity index is 2.07. The van der Waals surface area contributed by atoms with Crippen LogP contribution in [-0.4, -0.2) is 5.11 Å². The monoisotopic (exact) mass is 476 g/mol. The molecule has 1 N–H and O–H groups in total. The number of halogens is 1. The molecule has 0 atom stereocenters. The lowest BCUT2D eigenvalue weighted by Gasteiger charge is -2.24. The zero-order valence-electron chi connectivity index (χ0n) is 15.1. The molecule has 3 aromatic carbocycles. The Morgan fingerprint density at radius 3 is 1.81 bits per heavy atom. The maximum atomic E-state index is 10.4. The second-order valence-electron chi connectivity index (χ2n) is 7.11. The summed E-state index contributed by atoms with van der Waals surface area (Å²) in [6.07, 6.45) is 0. The van der Waals surface area contributed by atoms with Crippen LogP contribution in [0.15, 0.2) is 72.8 Å². The van der Waals surface area contributed by atoms with Gasteiger partial charge >= 0.3 is 0 Å². The lowest BCUT2D eigenvalue weighted by Crippen LogP contribution is -2.16. The zero-order valence-corrected chi connectivity index (χ0v) is 18.2. The predicted molar refractivity (Wildman–Crippen MR) is 119 cm³/mol. The number of rotatable bonds is 4. The first-order chi connectivity index (χ1) is 12.4. The van der Waals surface area contributed by atoms with Gasteiger partial charge in [0.05, 0.1) is 3.57 Å². The lowest BCUT2D eigenvalue weighted by atomic mass is 9.87. The van der Waals surface area contributed by atoms with E-state index in [1.54, 1.807) is 0 Å². The van der Waals surface area contributed by atoms with Gasteiger partial charge < -0.3 is 9.63 Å². The molecule has 26 heavy (non-hydrogen) atoms. The van der Waals surface area contributed by atoms with E-state index in [4.69, 9.17) is 4.52 Å². The molecule has 0 spiro atoms. The highest BCUT2D eigenvalue weighted by Crippen LogP contribution is 2.43. The van der Waals surface area contributed by atoms with Crippen LogP contribution in [0.25, 0.3) is 0 Å². The van der Waals surface area contributed by atoms with E-state index < -0.39 is 8.15 Å². The molecule has 0 heterocycles. The van der Waals surface area contributed by atoms with E-state index in [1.807, 2.05) is 42.5 Å². The topological polar surface area (TPSA) is 29.5 Å². The molecule has 0 fully saturated rings. The Kier molecular flexibility index (Phi) is 5.89. The van der Waals surface area contributed by atoms with Crippen molar-refractivity contribution < 1.29 is 9.63 Å². The number of aromatic hydroxyl groups is 1. The van der Waals surface area contributed by atoms with Crippen LogP contribution in [0.5, 0.6) is 11.5 Å². The van der Waals surface area contributed by atoms with Gasteiger partial charge in [0.25, 0.3) is 0 Å². The summed E-state index contributed by atoms with van der Waals surface area (Å²) >= 11 is 2.16. The minimum Gasteiger partial charge on any atom is -0.507 e. The molecule has 0 radical (unpaired) electrons. The first-order valence-electron chi connectivity index (χ1n) is 8.47. The summed E-state index contributed by atoms with van der Waals surface area (Å²) in [4.78, 5) is 0. The van der Waals surface area contributed by atoms with Crippen molar-refractivity contribution in [3.63, 3.8) is 0 Å². The van der Waals surface area contributed by atoms with Crippen molar-refractivity contribution in [2.45, 2.75) is 26.2 Å². The number of phenolic OH excluding ortho intramolecular Hbond substituents is 1. The van der Waals surface area contributed by atoms with Gasteiger partial charge in [-0.2, -0.15) is 0 Å². The van der Waals surface area contributed by atoms with Crippen molar-refractivity contribution in [2.24, 2.45) is 0 Å². The maximum Gasteiger partial charge on any atom is 0.150 e. The van der Waals surface area contributed by atoms with E-state index in [2.05, 4.69) is 73.7 Å². The fourth-order valence-corrected chi connectivity index (χ4v) is 4.89. The molecule has 0 aliphatic carbocycles. The summed E-state index contributed by atoms with van der Waals surface area (Å²) < 4.78 is 7.28. The van der Waals surface area contributed by atoms with Gasteiger partial charge in [-0.3, -0.25) is 0 Å². The molecule has 0 saturated heterocycles. The van der Waals surface area contributed by atoms with Gasteiger partial charge in [-0.05, 0) is 45.7 Å². The van der Waals surface area contributed by atoms with E-state index >= 15 is 0 Å². The summed E-state index contributed by atoms with van der Waals surface area (Å²) in [5.74, 6) is 0.999. The number of hydrogen-bond acceptors (Lipinski definition) is 2. The second-order valence-corrected chi connectivity index (χ2v) is 10.00. The van der Waals surface area contributed by atoms with Gasteiger partial charge in [-0.1, -0.05) is 81.4 Å². The molecule has 0 amide bonds. The molecular formula is C22H22IO2P. The van der Waals surface area contributed by atoms with Crippen molar-refractivity contribution in [2.75, 3.05) is 0 Å². The van der Waals surface area contributed by atoms with Crippen LogP contribution in [0.2, 0.25) is 0 Å². The van der Waals surface area contributed by atoms with Crippen molar-refractivity contribution in [3.05, 3.63) is 81.9 Å². The molecule has 0 unspecified atom stereocenters. The Bertz CT molecular complexity index is 834. The largest absolute Gasteiger partial charge is 0.507 e. The third-order valence-electron chi connectivity index (χ3n) is 4.06. The van der Waals surface area contributed by atoms with Crippen LogP contribution in [0.4, 0.5) is 0 Å². The normalized spacial score (nSPS) is 11.6. The number of phenols is 1. The molecule has 4 heteroatoms. The lowest BCUT2D eigenvalue weighted by molar-refractivity contribution is 0.462. The highest BCUT2D eigenvalue weighted by atomic mass is 127. The van der Waals surface area contributed by atoms with Gasteiger partial charge in [0, 0.05) is 10.6 Å². The standard InChI is InChI=1S/C22H22IO2P/c1-22(2,3)16-14-19(24)21(23)20(15-16)25-26(17-10-6-4-7-11-17)18-12-8-5-9-13-18/h4-15,24H,1-3H3. The van der Waals surface area contributed by atoms with E-state index in [0.29, 0.717) is 0 Å². The van der Waals surface area contributed by atoms with E-state index in [0.717, 1.165) is 25.5 Å². The van der Waals surface area contributed by atoms with E-state index in [9.17, 15) is 5.11 Å². The van der Waals surface area contributed by atoms with E-state index in [1.165, 1.54) is 0 Å². The average molecular weight is 476 g/mol.